The Morgan fingerprint density at radius 3 is 2.80 bits per heavy atom. The van der Waals surface area contributed by atoms with Crippen molar-refractivity contribution in [3.05, 3.63) is 28.2 Å². The van der Waals surface area contributed by atoms with Crippen molar-refractivity contribution in [2.75, 3.05) is 25.5 Å². The zero-order chi connectivity index (χ0) is 14.7. The summed E-state index contributed by atoms with van der Waals surface area (Å²) in [6.45, 7) is 3.01. The normalized spacial score (nSPS) is 16.2. The van der Waals surface area contributed by atoms with E-state index in [1.807, 2.05) is 32.2 Å². The predicted octanol–water partition coefficient (Wildman–Crippen LogP) is 2.37. The molecule has 4 nitrogen and oxygen atoms in total. The Morgan fingerprint density at radius 1 is 1.55 bits per heavy atom. The van der Waals surface area contributed by atoms with Gasteiger partial charge in [-0.15, -0.1) is 0 Å². The number of aryl methyl sites for hydroxylation is 1. The number of halogens is 1. The van der Waals surface area contributed by atoms with E-state index < -0.39 is 0 Å². The first-order valence-corrected chi connectivity index (χ1v) is 7.77. The maximum atomic E-state index is 12.1. The molecule has 2 rings (SSSR count). The van der Waals surface area contributed by atoms with Crippen LogP contribution in [-0.4, -0.2) is 37.0 Å². The number of anilines is 1. The highest BCUT2D eigenvalue weighted by Gasteiger charge is 2.33. The van der Waals surface area contributed by atoms with E-state index in [2.05, 4.69) is 26.1 Å². The molecule has 0 saturated heterocycles. The van der Waals surface area contributed by atoms with Crippen LogP contribution < -0.4 is 11.1 Å². The molecule has 1 fully saturated rings. The topological polar surface area (TPSA) is 58.4 Å². The van der Waals surface area contributed by atoms with Crippen LogP contribution in [0.3, 0.4) is 0 Å². The Morgan fingerprint density at radius 2 is 2.25 bits per heavy atom. The van der Waals surface area contributed by atoms with Crippen LogP contribution in [-0.2, 0) is 4.79 Å². The number of hydrogen-bond donors (Lipinski definition) is 2. The van der Waals surface area contributed by atoms with E-state index in [4.69, 9.17) is 5.73 Å². The summed E-state index contributed by atoms with van der Waals surface area (Å²) in [5.41, 5.74) is 7.77. The molecule has 0 spiro atoms. The van der Waals surface area contributed by atoms with Crippen molar-refractivity contribution in [3.8, 4) is 0 Å². The fraction of sp³-hybridized carbons (Fsp3) is 0.533. The van der Waals surface area contributed by atoms with E-state index in [0.717, 1.165) is 15.7 Å². The first kappa shape index (κ1) is 15.5. The summed E-state index contributed by atoms with van der Waals surface area (Å²) in [7, 11) is 1.97. The minimum absolute atomic E-state index is 0.00356. The van der Waals surface area contributed by atoms with E-state index in [1.165, 1.54) is 12.8 Å². The van der Waals surface area contributed by atoms with Gasteiger partial charge >= 0.3 is 0 Å². The van der Waals surface area contributed by atoms with Crippen molar-refractivity contribution in [1.29, 1.82) is 0 Å². The number of amides is 1. The molecule has 1 aromatic carbocycles. The minimum atomic E-state index is -0.00356. The van der Waals surface area contributed by atoms with Crippen LogP contribution in [0.5, 0.6) is 0 Å². The summed E-state index contributed by atoms with van der Waals surface area (Å²) in [4.78, 5) is 14.2. The van der Waals surface area contributed by atoms with Gasteiger partial charge in [-0.1, -0.05) is 6.07 Å². The third kappa shape index (κ3) is 4.04. The molecule has 1 aromatic rings. The van der Waals surface area contributed by atoms with Gasteiger partial charge in [0.05, 0.1) is 12.2 Å². The lowest BCUT2D eigenvalue weighted by molar-refractivity contribution is -0.117. The van der Waals surface area contributed by atoms with Crippen LogP contribution in [0.2, 0.25) is 0 Å². The standard InChI is InChI=1S/C15H22BrN3O/c1-10-3-6-13(12(16)7-10)18-15(20)9-19(2)14(8-17)11-4-5-11/h3,6-7,11,14H,4-5,8-9,17H2,1-2H3,(H,18,20). The van der Waals surface area contributed by atoms with Crippen LogP contribution in [0, 0.1) is 12.8 Å². The number of nitrogens with two attached hydrogens (primary N) is 1. The van der Waals surface area contributed by atoms with Gasteiger partial charge in [-0.3, -0.25) is 9.69 Å². The SMILES string of the molecule is Cc1ccc(NC(=O)CN(C)C(CN)C2CC2)c(Br)c1. The Labute approximate surface area is 128 Å². The molecular weight excluding hydrogens is 318 g/mol. The molecule has 0 heterocycles. The quantitative estimate of drug-likeness (QED) is 0.836. The van der Waals surface area contributed by atoms with E-state index in [-0.39, 0.29) is 5.91 Å². The predicted molar refractivity (Wildman–Crippen MR) is 85.7 cm³/mol. The first-order valence-electron chi connectivity index (χ1n) is 6.97. The van der Waals surface area contributed by atoms with Crippen molar-refractivity contribution >= 4 is 27.5 Å². The average Bonchev–Trinajstić information content (AvgIpc) is 3.18. The summed E-state index contributed by atoms with van der Waals surface area (Å²) in [6.07, 6.45) is 2.47. The number of likely N-dealkylation sites (N-methyl/N-ethyl adjacent to an activating group) is 1. The van der Waals surface area contributed by atoms with Crippen LogP contribution in [0.15, 0.2) is 22.7 Å². The molecule has 110 valence electrons. The van der Waals surface area contributed by atoms with Gasteiger partial charge in [0.2, 0.25) is 5.91 Å². The number of rotatable bonds is 6. The molecule has 20 heavy (non-hydrogen) atoms. The second kappa shape index (κ2) is 6.70. The second-order valence-corrected chi connectivity index (χ2v) is 6.44. The molecule has 0 aliphatic heterocycles. The van der Waals surface area contributed by atoms with Gasteiger partial charge in [-0.2, -0.15) is 0 Å². The van der Waals surface area contributed by atoms with E-state index >= 15 is 0 Å². The van der Waals surface area contributed by atoms with Gasteiger partial charge in [0.1, 0.15) is 0 Å². The fourth-order valence-electron chi connectivity index (χ4n) is 2.47. The van der Waals surface area contributed by atoms with Gasteiger partial charge in [0, 0.05) is 17.1 Å². The fourth-order valence-corrected chi connectivity index (χ4v) is 3.06. The maximum absolute atomic E-state index is 12.1. The lowest BCUT2D eigenvalue weighted by Crippen LogP contribution is -2.43. The van der Waals surface area contributed by atoms with Crippen LogP contribution >= 0.6 is 15.9 Å². The van der Waals surface area contributed by atoms with E-state index in [1.54, 1.807) is 0 Å². The van der Waals surface area contributed by atoms with Crippen molar-refractivity contribution < 1.29 is 4.79 Å². The zero-order valence-corrected chi connectivity index (χ0v) is 13.6. The third-order valence-corrected chi connectivity index (χ3v) is 4.42. The number of hydrogen-bond acceptors (Lipinski definition) is 3. The molecule has 1 unspecified atom stereocenters. The second-order valence-electron chi connectivity index (χ2n) is 5.59. The summed E-state index contributed by atoms with van der Waals surface area (Å²) in [5.74, 6) is 0.667. The van der Waals surface area contributed by atoms with E-state index in [0.29, 0.717) is 25.0 Å². The smallest absolute Gasteiger partial charge is 0.238 e. The Balaban J connectivity index is 1.91. The van der Waals surface area contributed by atoms with Gasteiger partial charge in [-0.05, 0) is 66.4 Å². The molecule has 1 aliphatic rings. The van der Waals surface area contributed by atoms with Gasteiger partial charge < -0.3 is 11.1 Å². The monoisotopic (exact) mass is 339 g/mol. The van der Waals surface area contributed by atoms with Crippen LogP contribution in [0.1, 0.15) is 18.4 Å². The zero-order valence-electron chi connectivity index (χ0n) is 12.0. The molecule has 0 bridgehead atoms. The highest BCUT2D eigenvalue weighted by Crippen LogP contribution is 2.34. The maximum Gasteiger partial charge on any atom is 0.238 e. The van der Waals surface area contributed by atoms with Gasteiger partial charge in [0.15, 0.2) is 0 Å². The van der Waals surface area contributed by atoms with Crippen molar-refractivity contribution in [3.63, 3.8) is 0 Å². The number of carbonyl (C=O) groups excluding carboxylic acids is 1. The summed E-state index contributed by atoms with van der Waals surface area (Å²) in [5, 5.41) is 2.94. The number of benzene rings is 1. The number of nitrogens with one attached hydrogen (secondary N) is 1. The third-order valence-electron chi connectivity index (χ3n) is 3.77. The molecule has 1 saturated carbocycles. The molecule has 1 aliphatic carbocycles. The summed E-state index contributed by atoms with van der Waals surface area (Å²) >= 11 is 3.47. The van der Waals surface area contributed by atoms with Crippen LogP contribution in [0.4, 0.5) is 5.69 Å². The molecule has 1 atom stereocenters. The van der Waals surface area contributed by atoms with Crippen molar-refractivity contribution in [2.24, 2.45) is 11.7 Å². The summed E-state index contributed by atoms with van der Waals surface area (Å²) in [6, 6.07) is 6.21. The Hall–Kier alpha value is -0.910. The van der Waals surface area contributed by atoms with Crippen molar-refractivity contribution in [1.82, 2.24) is 4.90 Å². The molecule has 5 heteroatoms. The lowest BCUT2D eigenvalue weighted by atomic mass is 10.1. The van der Waals surface area contributed by atoms with Crippen molar-refractivity contribution in [2.45, 2.75) is 25.8 Å². The van der Waals surface area contributed by atoms with Gasteiger partial charge in [0.25, 0.3) is 0 Å². The molecule has 3 N–H and O–H groups in total. The summed E-state index contributed by atoms with van der Waals surface area (Å²) < 4.78 is 0.908. The average molecular weight is 340 g/mol. The van der Waals surface area contributed by atoms with Gasteiger partial charge in [-0.25, -0.2) is 0 Å². The Kier molecular flexibility index (Phi) is 5.18. The van der Waals surface area contributed by atoms with Crippen LogP contribution in [0.25, 0.3) is 0 Å². The highest BCUT2D eigenvalue weighted by molar-refractivity contribution is 9.10. The lowest BCUT2D eigenvalue weighted by Gasteiger charge is -2.26. The Bertz CT molecular complexity index is 488. The molecule has 1 amide bonds. The molecular formula is C15H22BrN3O. The molecule has 0 aromatic heterocycles. The minimum Gasteiger partial charge on any atom is -0.329 e. The number of nitrogens with zero attached hydrogens (tertiary/aromatic N) is 1. The first-order chi connectivity index (χ1) is 9.51. The number of carbonyl (C=O) groups is 1. The largest absolute Gasteiger partial charge is 0.329 e. The van der Waals surface area contributed by atoms with E-state index in [9.17, 15) is 4.79 Å². The molecule has 0 radical (unpaired) electrons. The highest BCUT2D eigenvalue weighted by atomic mass is 79.9.